The van der Waals surface area contributed by atoms with Crippen molar-refractivity contribution in [1.82, 2.24) is 0 Å². The Labute approximate surface area is 57.6 Å². The monoisotopic (exact) mass is 141 g/mol. The molecule has 1 aromatic carbocycles. The van der Waals surface area contributed by atoms with Crippen LogP contribution in [0.25, 0.3) is 0 Å². The van der Waals surface area contributed by atoms with Gasteiger partial charge in [0.25, 0.3) is 5.69 Å². The summed E-state index contributed by atoms with van der Waals surface area (Å²) < 4.78 is 0. The standard InChI is InChI=1S/C6H5NO2.H2O/c8-7(9)6-4-2-1-3-5-6;/h1-5H;1H2. The highest BCUT2D eigenvalue weighted by Crippen LogP contribution is 2.06. The smallest absolute Gasteiger partial charge is 0.269 e. The molecule has 0 aromatic heterocycles. The number of nitro groups is 1. The van der Waals surface area contributed by atoms with Gasteiger partial charge in [0, 0.05) is 12.1 Å². The van der Waals surface area contributed by atoms with Crippen LogP contribution in [0.1, 0.15) is 0 Å². The Balaban J connectivity index is 0.000000810. The zero-order valence-electron chi connectivity index (χ0n) is 5.15. The number of hydrogen-bond donors (Lipinski definition) is 0. The molecule has 1 rings (SSSR count). The zero-order valence-corrected chi connectivity index (χ0v) is 5.15. The number of non-ortho nitro benzene ring substituents is 1. The lowest BCUT2D eigenvalue weighted by Crippen LogP contribution is -1.84. The lowest BCUT2D eigenvalue weighted by molar-refractivity contribution is -0.384. The number of hydrogen-bond acceptors (Lipinski definition) is 2. The third kappa shape index (κ3) is 1.83. The van der Waals surface area contributed by atoms with Crippen molar-refractivity contribution in [2.24, 2.45) is 0 Å². The van der Waals surface area contributed by atoms with Crippen LogP contribution in [-0.4, -0.2) is 10.4 Å². The van der Waals surface area contributed by atoms with E-state index in [1.807, 2.05) is 0 Å². The second-order valence-corrected chi connectivity index (χ2v) is 1.59. The van der Waals surface area contributed by atoms with Gasteiger partial charge in [0.15, 0.2) is 0 Å². The first-order valence-electron chi connectivity index (χ1n) is 2.50. The summed E-state index contributed by atoms with van der Waals surface area (Å²) in [6.45, 7) is 0. The van der Waals surface area contributed by atoms with Gasteiger partial charge in [-0.2, -0.15) is 0 Å². The van der Waals surface area contributed by atoms with Crippen LogP contribution in [-0.2, 0) is 0 Å². The molecule has 0 heterocycles. The first-order valence-corrected chi connectivity index (χ1v) is 2.50. The molecule has 1 aromatic rings. The molecule has 0 spiro atoms. The molecule has 0 aliphatic rings. The second kappa shape index (κ2) is 3.58. The van der Waals surface area contributed by atoms with E-state index in [9.17, 15) is 10.1 Å². The molecule has 0 fully saturated rings. The van der Waals surface area contributed by atoms with Crippen molar-refractivity contribution < 1.29 is 10.4 Å². The minimum Gasteiger partial charge on any atom is -0.412 e. The van der Waals surface area contributed by atoms with Crippen LogP contribution in [0, 0.1) is 10.1 Å². The molecule has 0 aliphatic heterocycles. The van der Waals surface area contributed by atoms with Gasteiger partial charge in [-0.05, 0) is 0 Å². The molecule has 0 unspecified atom stereocenters. The quantitative estimate of drug-likeness (QED) is 0.428. The largest absolute Gasteiger partial charge is 0.412 e. The normalized spacial score (nSPS) is 8.00. The summed E-state index contributed by atoms with van der Waals surface area (Å²) in [4.78, 5) is 9.59. The van der Waals surface area contributed by atoms with Crippen molar-refractivity contribution in [2.75, 3.05) is 0 Å². The fourth-order valence-electron chi connectivity index (χ4n) is 0.550. The lowest BCUT2D eigenvalue weighted by Gasteiger charge is -1.85. The molecule has 4 nitrogen and oxygen atoms in total. The van der Waals surface area contributed by atoms with Crippen molar-refractivity contribution in [1.29, 1.82) is 0 Å². The summed E-state index contributed by atoms with van der Waals surface area (Å²) in [6, 6.07) is 7.93. The summed E-state index contributed by atoms with van der Waals surface area (Å²) in [7, 11) is 0. The molecule has 0 aliphatic carbocycles. The Kier molecular flexibility index (Phi) is 3.07. The number of para-hydroxylation sites is 1. The second-order valence-electron chi connectivity index (χ2n) is 1.59. The van der Waals surface area contributed by atoms with Gasteiger partial charge < -0.3 is 5.48 Å². The van der Waals surface area contributed by atoms with Gasteiger partial charge in [-0.15, -0.1) is 0 Å². The molecule has 10 heavy (non-hydrogen) atoms. The van der Waals surface area contributed by atoms with Gasteiger partial charge >= 0.3 is 0 Å². The maximum Gasteiger partial charge on any atom is 0.269 e. The van der Waals surface area contributed by atoms with E-state index in [4.69, 9.17) is 0 Å². The number of benzene rings is 1. The molecule has 0 saturated heterocycles. The minimum atomic E-state index is -0.417. The van der Waals surface area contributed by atoms with Crippen molar-refractivity contribution in [3.63, 3.8) is 0 Å². The SMILES string of the molecule is O.O=[N+]([O-])c1ccccc1. The van der Waals surface area contributed by atoms with Crippen LogP contribution < -0.4 is 0 Å². The Morgan fingerprint density at radius 3 is 2.00 bits per heavy atom. The van der Waals surface area contributed by atoms with E-state index >= 15 is 0 Å². The van der Waals surface area contributed by atoms with E-state index in [-0.39, 0.29) is 11.2 Å². The fraction of sp³-hybridized carbons (Fsp3) is 0. The number of nitrogens with zero attached hydrogens (tertiary/aromatic N) is 1. The van der Waals surface area contributed by atoms with Gasteiger partial charge in [-0.25, -0.2) is 0 Å². The van der Waals surface area contributed by atoms with Gasteiger partial charge in [-0.3, -0.25) is 10.1 Å². The zero-order chi connectivity index (χ0) is 6.69. The molecule has 0 radical (unpaired) electrons. The Bertz CT molecular complexity index is 209. The molecule has 0 atom stereocenters. The van der Waals surface area contributed by atoms with Gasteiger partial charge in [-0.1, -0.05) is 18.2 Å². The summed E-state index contributed by atoms with van der Waals surface area (Å²) in [5.74, 6) is 0. The van der Waals surface area contributed by atoms with E-state index in [0.717, 1.165) is 0 Å². The van der Waals surface area contributed by atoms with Crippen molar-refractivity contribution >= 4 is 5.69 Å². The summed E-state index contributed by atoms with van der Waals surface area (Å²) in [5.41, 5.74) is 0.137. The Morgan fingerprint density at radius 1 is 1.20 bits per heavy atom. The number of rotatable bonds is 1. The third-order valence-electron chi connectivity index (χ3n) is 0.967. The molecular formula is C6H7NO3. The highest BCUT2D eigenvalue weighted by atomic mass is 16.6. The van der Waals surface area contributed by atoms with E-state index < -0.39 is 4.92 Å². The summed E-state index contributed by atoms with van der Waals surface area (Å²) in [5, 5.41) is 10.0. The van der Waals surface area contributed by atoms with Crippen LogP contribution in [0.2, 0.25) is 0 Å². The molecule has 54 valence electrons. The minimum absolute atomic E-state index is 0. The molecule has 4 heteroatoms. The average Bonchev–Trinajstić information content (AvgIpc) is 1.90. The van der Waals surface area contributed by atoms with E-state index in [0.29, 0.717) is 0 Å². The maximum absolute atomic E-state index is 10.0. The topological polar surface area (TPSA) is 74.6 Å². The predicted octanol–water partition coefficient (Wildman–Crippen LogP) is 0.770. The van der Waals surface area contributed by atoms with E-state index in [2.05, 4.69) is 0 Å². The fourth-order valence-corrected chi connectivity index (χ4v) is 0.550. The van der Waals surface area contributed by atoms with Crippen LogP contribution in [0.15, 0.2) is 30.3 Å². The highest BCUT2D eigenvalue weighted by Gasteiger charge is 1.98. The Hall–Kier alpha value is -1.42. The van der Waals surface area contributed by atoms with Gasteiger partial charge in [0.05, 0.1) is 4.92 Å². The van der Waals surface area contributed by atoms with Crippen molar-refractivity contribution in [3.05, 3.63) is 40.4 Å². The Morgan fingerprint density at radius 2 is 1.70 bits per heavy atom. The molecular weight excluding hydrogens is 134 g/mol. The van der Waals surface area contributed by atoms with E-state index in [1.165, 1.54) is 12.1 Å². The molecule has 0 amide bonds. The first-order chi connectivity index (χ1) is 4.30. The maximum atomic E-state index is 10.0. The first kappa shape index (κ1) is 8.58. The van der Waals surface area contributed by atoms with E-state index in [1.54, 1.807) is 18.2 Å². The van der Waals surface area contributed by atoms with Crippen molar-refractivity contribution in [3.8, 4) is 0 Å². The molecule has 0 saturated carbocycles. The van der Waals surface area contributed by atoms with Crippen molar-refractivity contribution in [2.45, 2.75) is 0 Å². The predicted molar refractivity (Wildman–Crippen MR) is 36.7 cm³/mol. The average molecular weight is 141 g/mol. The third-order valence-corrected chi connectivity index (χ3v) is 0.967. The highest BCUT2D eigenvalue weighted by molar-refractivity contribution is 5.27. The van der Waals surface area contributed by atoms with Crippen LogP contribution in [0.5, 0.6) is 0 Å². The number of nitro benzene ring substituents is 1. The lowest BCUT2D eigenvalue weighted by atomic mass is 10.3. The molecule has 2 N–H and O–H groups in total. The van der Waals surface area contributed by atoms with Gasteiger partial charge in [0.2, 0.25) is 0 Å². The van der Waals surface area contributed by atoms with Crippen LogP contribution >= 0.6 is 0 Å². The molecule has 0 bridgehead atoms. The summed E-state index contributed by atoms with van der Waals surface area (Å²) in [6.07, 6.45) is 0. The van der Waals surface area contributed by atoms with Crippen LogP contribution in [0.3, 0.4) is 0 Å². The van der Waals surface area contributed by atoms with Gasteiger partial charge in [0.1, 0.15) is 0 Å². The van der Waals surface area contributed by atoms with Crippen LogP contribution in [0.4, 0.5) is 5.69 Å². The summed E-state index contributed by atoms with van der Waals surface area (Å²) >= 11 is 0.